The van der Waals surface area contributed by atoms with Crippen molar-refractivity contribution >= 4 is 39.1 Å². The molecule has 2 heterocycles. The van der Waals surface area contributed by atoms with Crippen molar-refractivity contribution in [2.75, 3.05) is 25.1 Å². The van der Waals surface area contributed by atoms with Crippen LogP contribution in [0.25, 0.3) is 22.1 Å². The Morgan fingerprint density at radius 2 is 1.93 bits per heavy atom. The van der Waals surface area contributed by atoms with Crippen LogP contribution in [-0.4, -0.2) is 29.6 Å². The van der Waals surface area contributed by atoms with Crippen molar-refractivity contribution in [3.8, 4) is 5.75 Å². The molecule has 5 nitrogen and oxygen atoms in total. The zero-order chi connectivity index (χ0) is 20.7. The Morgan fingerprint density at radius 3 is 2.62 bits per heavy atom. The van der Waals surface area contributed by atoms with Gasteiger partial charge in [-0.3, -0.25) is 4.79 Å². The van der Waals surface area contributed by atoms with Crippen LogP contribution in [0.1, 0.15) is 30.5 Å². The summed E-state index contributed by atoms with van der Waals surface area (Å²) in [5.74, 6) is 0.761. The monoisotopic (exact) mass is 407 g/mol. The SMILES string of the molecule is CCN(CC)c1ccc(/C=c2\sc3nc4c(C)cc(C)cc4n3c2=O)c(OC)c1. The second-order valence-corrected chi connectivity index (χ2v) is 8.20. The van der Waals surface area contributed by atoms with Gasteiger partial charge in [0.1, 0.15) is 5.75 Å². The maximum atomic E-state index is 13.2. The first-order valence-corrected chi connectivity index (χ1v) is 10.6. The highest BCUT2D eigenvalue weighted by molar-refractivity contribution is 7.15. The molecular weight excluding hydrogens is 382 g/mol. The van der Waals surface area contributed by atoms with Crippen LogP contribution in [0.5, 0.6) is 5.75 Å². The van der Waals surface area contributed by atoms with Gasteiger partial charge in [-0.1, -0.05) is 17.4 Å². The summed E-state index contributed by atoms with van der Waals surface area (Å²) in [5.41, 5.74) is 5.96. The standard InChI is InChI=1S/C23H25N3O2S/c1-6-25(7-2)17-9-8-16(19(13-17)28-5)12-20-22(27)26-18-11-14(3)10-15(4)21(18)24-23(26)29-20/h8-13H,6-7H2,1-5H3/b20-12-. The number of rotatable bonds is 5. The van der Waals surface area contributed by atoms with Crippen LogP contribution in [0.4, 0.5) is 5.69 Å². The van der Waals surface area contributed by atoms with E-state index in [0.717, 1.165) is 57.2 Å². The van der Waals surface area contributed by atoms with Crippen molar-refractivity contribution in [3.63, 3.8) is 0 Å². The summed E-state index contributed by atoms with van der Waals surface area (Å²) in [6.07, 6.45) is 1.90. The number of imidazole rings is 1. The Kier molecular flexibility index (Phi) is 5.04. The molecule has 0 N–H and O–H groups in total. The van der Waals surface area contributed by atoms with Crippen LogP contribution in [0.15, 0.2) is 35.1 Å². The van der Waals surface area contributed by atoms with Gasteiger partial charge in [0.2, 0.25) is 0 Å². The van der Waals surface area contributed by atoms with E-state index >= 15 is 0 Å². The normalized spacial score (nSPS) is 12.2. The fourth-order valence-corrected chi connectivity index (χ4v) is 4.83. The molecule has 0 aliphatic heterocycles. The molecule has 0 saturated heterocycles. The molecule has 0 aliphatic rings. The molecule has 29 heavy (non-hydrogen) atoms. The second kappa shape index (κ2) is 7.52. The molecule has 0 atom stereocenters. The van der Waals surface area contributed by atoms with Gasteiger partial charge in [0.25, 0.3) is 5.56 Å². The Balaban J connectivity index is 1.89. The zero-order valence-electron chi connectivity index (χ0n) is 17.4. The Morgan fingerprint density at radius 1 is 1.17 bits per heavy atom. The molecule has 6 heteroatoms. The van der Waals surface area contributed by atoms with Crippen molar-refractivity contribution in [1.29, 1.82) is 0 Å². The lowest BCUT2D eigenvalue weighted by Crippen LogP contribution is -2.23. The maximum absolute atomic E-state index is 13.2. The predicted octanol–water partition coefficient (Wildman–Crippen LogP) is 3.93. The Labute approximate surface area is 173 Å². The number of fused-ring (bicyclic) bond motifs is 3. The maximum Gasteiger partial charge on any atom is 0.274 e. The van der Waals surface area contributed by atoms with E-state index in [1.54, 1.807) is 11.5 Å². The van der Waals surface area contributed by atoms with Crippen molar-refractivity contribution in [2.24, 2.45) is 0 Å². The number of methoxy groups -OCH3 is 1. The van der Waals surface area contributed by atoms with Crippen molar-refractivity contribution in [3.05, 3.63) is 61.9 Å². The van der Waals surface area contributed by atoms with Crippen LogP contribution >= 0.6 is 11.3 Å². The van der Waals surface area contributed by atoms with E-state index in [1.807, 2.05) is 38.1 Å². The molecule has 4 rings (SSSR count). The van der Waals surface area contributed by atoms with E-state index in [4.69, 9.17) is 9.72 Å². The molecule has 0 amide bonds. The number of benzene rings is 2. The average Bonchev–Trinajstić information content (AvgIpc) is 3.21. The van der Waals surface area contributed by atoms with Crippen LogP contribution in [0, 0.1) is 13.8 Å². The first-order chi connectivity index (χ1) is 14.0. The number of ether oxygens (including phenoxy) is 1. The van der Waals surface area contributed by atoms with E-state index < -0.39 is 0 Å². The quantitative estimate of drug-likeness (QED) is 0.503. The highest BCUT2D eigenvalue weighted by Gasteiger charge is 2.14. The van der Waals surface area contributed by atoms with Gasteiger partial charge in [-0.25, -0.2) is 9.38 Å². The fourth-order valence-electron chi connectivity index (χ4n) is 3.86. The van der Waals surface area contributed by atoms with Crippen LogP contribution < -0.4 is 19.7 Å². The lowest BCUT2D eigenvalue weighted by Gasteiger charge is -2.22. The molecule has 2 aromatic carbocycles. The summed E-state index contributed by atoms with van der Waals surface area (Å²) in [4.78, 5) is 20.8. The molecule has 0 saturated carbocycles. The number of nitrogens with zero attached hydrogens (tertiary/aromatic N) is 3. The first-order valence-electron chi connectivity index (χ1n) is 9.83. The third-order valence-corrected chi connectivity index (χ3v) is 6.28. The molecule has 150 valence electrons. The van der Waals surface area contributed by atoms with Crippen LogP contribution in [0.2, 0.25) is 0 Å². The largest absolute Gasteiger partial charge is 0.496 e. The van der Waals surface area contributed by atoms with E-state index in [0.29, 0.717) is 4.53 Å². The van der Waals surface area contributed by atoms with Gasteiger partial charge < -0.3 is 9.64 Å². The summed E-state index contributed by atoms with van der Waals surface area (Å²) in [6, 6.07) is 10.2. The van der Waals surface area contributed by atoms with Gasteiger partial charge in [0.15, 0.2) is 4.96 Å². The van der Waals surface area contributed by atoms with Gasteiger partial charge in [0, 0.05) is 30.4 Å². The predicted molar refractivity (Wildman–Crippen MR) is 122 cm³/mol. The average molecular weight is 408 g/mol. The number of thiazole rings is 1. The van der Waals surface area contributed by atoms with E-state index in [2.05, 4.69) is 30.9 Å². The third kappa shape index (κ3) is 3.27. The van der Waals surface area contributed by atoms with Gasteiger partial charge in [-0.15, -0.1) is 0 Å². The molecule has 4 aromatic rings. The van der Waals surface area contributed by atoms with Gasteiger partial charge in [0.05, 0.1) is 22.7 Å². The smallest absolute Gasteiger partial charge is 0.274 e. The summed E-state index contributed by atoms with van der Waals surface area (Å²) in [7, 11) is 1.66. The number of hydrogen-bond donors (Lipinski definition) is 0. The number of hydrogen-bond acceptors (Lipinski definition) is 5. The van der Waals surface area contributed by atoms with E-state index in [-0.39, 0.29) is 5.56 Å². The van der Waals surface area contributed by atoms with Crippen molar-refractivity contribution in [1.82, 2.24) is 9.38 Å². The highest BCUT2D eigenvalue weighted by atomic mass is 32.1. The van der Waals surface area contributed by atoms with E-state index in [1.165, 1.54) is 11.3 Å². The second-order valence-electron chi connectivity index (χ2n) is 7.19. The molecule has 0 spiro atoms. The topological polar surface area (TPSA) is 46.8 Å². The summed E-state index contributed by atoms with van der Waals surface area (Å²) < 4.78 is 8.00. The van der Waals surface area contributed by atoms with Gasteiger partial charge in [-0.05, 0) is 63.1 Å². The summed E-state index contributed by atoms with van der Waals surface area (Å²) in [5, 5.41) is 0. The lowest BCUT2D eigenvalue weighted by atomic mass is 10.1. The minimum absolute atomic E-state index is 0.0348. The van der Waals surface area contributed by atoms with Crippen molar-refractivity contribution < 1.29 is 4.74 Å². The zero-order valence-corrected chi connectivity index (χ0v) is 18.3. The molecule has 2 aromatic heterocycles. The summed E-state index contributed by atoms with van der Waals surface area (Å²) in [6.45, 7) is 10.2. The summed E-state index contributed by atoms with van der Waals surface area (Å²) >= 11 is 1.42. The molecule has 0 fully saturated rings. The highest BCUT2D eigenvalue weighted by Crippen LogP contribution is 2.27. The third-order valence-electron chi connectivity index (χ3n) is 5.31. The van der Waals surface area contributed by atoms with Crippen molar-refractivity contribution in [2.45, 2.75) is 27.7 Å². The van der Waals surface area contributed by atoms with E-state index in [9.17, 15) is 4.79 Å². The number of aryl methyl sites for hydroxylation is 2. The Hall–Kier alpha value is -2.86. The fraction of sp³-hybridized carbons (Fsp3) is 0.304. The minimum atomic E-state index is -0.0348. The first kappa shape index (κ1) is 19.5. The Bertz CT molecular complexity index is 1320. The molecule has 0 unspecified atom stereocenters. The van der Waals surface area contributed by atoms with Crippen LogP contribution in [0.3, 0.4) is 0 Å². The number of aromatic nitrogens is 2. The number of anilines is 1. The molecular formula is C23H25N3O2S. The van der Waals surface area contributed by atoms with Gasteiger partial charge in [-0.2, -0.15) is 0 Å². The van der Waals surface area contributed by atoms with Crippen LogP contribution in [-0.2, 0) is 0 Å². The minimum Gasteiger partial charge on any atom is -0.496 e. The molecule has 0 aliphatic carbocycles. The molecule has 0 bridgehead atoms. The molecule has 0 radical (unpaired) electrons. The lowest BCUT2D eigenvalue weighted by molar-refractivity contribution is 0.414. The van der Waals surface area contributed by atoms with Gasteiger partial charge >= 0.3 is 0 Å².